The number of likely N-dealkylation sites (tertiary alicyclic amines) is 1. The molecule has 0 bridgehead atoms. The van der Waals surface area contributed by atoms with Crippen LogP contribution in [-0.4, -0.2) is 80.3 Å². The highest BCUT2D eigenvalue weighted by Gasteiger charge is 2.28. The number of nitrogens with zero attached hydrogens (tertiary/aromatic N) is 3. The smallest absolute Gasteiger partial charge is 0.191 e. The Labute approximate surface area is 203 Å². The molecule has 1 atom stereocenters. The number of nitrogens with one attached hydrogen (secondary N) is 2. The number of piperidine rings is 1. The van der Waals surface area contributed by atoms with Crippen molar-refractivity contribution in [3.63, 3.8) is 0 Å². The van der Waals surface area contributed by atoms with Crippen LogP contribution in [0.2, 0.25) is 0 Å². The van der Waals surface area contributed by atoms with E-state index in [4.69, 9.17) is 9.73 Å². The number of hydrogen-bond acceptors (Lipinski definition) is 5. The normalized spacial score (nSPS) is 21.8. The average Bonchev–Trinajstić information content (AvgIpc) is 3.24. The molecule has 8 heteroatoms. The molecular weight excluding hydrogens is 509 g/mol. The number of halogens is 1. The largest absolute Gasteiger partial charge is 0.379 e. The number of morpholine rings is 1. The first-order chi connectivity index (χ1) is 14.1. The molecule has 3 heterocycles. The lowest BCUT2D eigenvalue weighted by atomic mass is 9.98. The summed E-state index contributed by atoms with van der Waals surface area (Å²) >= 11 is 1.86. The van der Waals surface area contributed by atoms with E-state index >= 15 is 0 Å². The number of thiophene rings is 1. The zero-order valence-corrected chi connectivity index (χ0v) is 22.0. The third-order valence-electron chi connectivity index (χ3n) is 5.96. The van der Waals surface area contributed by atoms with Gasteiger partial charge in [-0.3, -0.25) is 14.8 Å². The van der Waals surface area contributed by atoms with Gasteiger partial charge in [-0.2, -0.15) is 0 Å². The Morgan fingerprint density at radius 2 is 2.07 bits per heavy atom. The molecular formula is C22H40IN5OS. The van der Waals surface area contributed by atoms with Crippen LogP contribution in [0.15, 0.2) is 22.5 Å². The van der Waals surface area contributed by atoms with Gasteiger partial charge in [0.05, 0.1) is 19.8 Å². The Morgan fingerprint density at radius 1 is 1.27 bits per heavy atom. The second-order valence-electron chi connectivity index (χ2n) is 8.81. The fourth-order valence-electron chi connectivity index (χ4n) is 4.21. The van der Waals surface area contributed by atoms with E-state index in [1.54, 1.807) is 0 Å². The molecule has 0 amide bonds. The van der Waals surface area contributed by atoms with Crippen molar-refractivity contribution in [3.05, 3.63) is 22.4 Å². The number of rotatable bonds is 8. The third-order valence-corrected chi connectivity index (χ3v) is 6.82. The fourth-order valence-corrected chi connectivity index (χ4v) is 4.95. The molecule has 1 unspecified atom stereocenters. The van der Waals surface area contributed by atoms with Gasteiger partial charge in [-0.05, 0) is 57.5 Å². The molecule has 1 aromatic heterocycles. The summed E-state index contributed by atoms with van der Waals surface area (Å²) < 4.78 is 5.50. The van der Waals surface area contributed by atoms with Gasteiger partial charge in [-0.1, -0.05) is 6.07 Å². The zero-order valence-electron chi connectivity index (χ0n) is 18.9. The predicted octanol–water partition coefficient (Wildman–Crippen LogP) is 3.24. The zero-order chi connectivity index (χ0) is 20.5. The quantitative estimate of drug-likeness (QED) is 0.296. The second kappa shape index (κ2) is 13.2. The summed E-state index contributed by atoms with van der Waals surface area (Å²) in [5, 5.41) is 9.22. The maximum absolute atomic E-state index is 5.50. The average molecular weight is 550 g/mol. The molecule has 172 valence electrons. The van der Waals surface area contributed by atoms with Gasteiger partial charge in [0.25, 0.3) is 0 Å². The third kappa shape index (κ3) is 8.26. The standard InChI is InChI=1S/C22H39N5OS.HI/c1-4-23-21(25-18-22(2,3)27-10-12-28-13-11-27)24-15-19-7-5-9-26(16-19)17-20-8-6-14-29-20;/h6,8,14,19H,4-5,7,9-13,15-18H2,1-3H3,(H2,23,24,25);1H. The van der Waals surface area contributed by atoms with Crippen LogP contribution in [0.25, 0.3) is 0 Å². The summed E-state index contributed by atoms with van der Waals surface area (Å²) in [6.45, 7) is 16.5. The monoisotopic (exact) mass is 549 g/mol. The molecule has 2 fully saturated rings. The van der Waals surface area contributed by atoms with E-state index in [0.29, 0.717) is 5.92 Å². The number of guanidine groups is 1. The number of aliphatic imine (C=N–C) groups is 1. The van der Waals surface area contributed by atoms with Crippen molar-refractivity contribution in [2.24, 2.45) is 10.9 Å². The summed E-state index contributed by atoms with van der Waals surface area (Å²) in [4.78, 5) is 11.5. The van der Waals surface area contributed by atoms with Crippen LogP contribution in [0.4, 0.5) is 0 Å². The van der Waals surface area contributed by atoms with Gasteiger partial charge in [0.1, 0.15) is 0 Å². The first kappa shape index (κ1) is 25.8. The van der Waals surface area contributed by atoms with Crippen LogP contribution in [-0.2, 0) is 11.3 Å². The van der Waals surface area contributed by atoms with Gasteiger partial charge in [-0.25, -0.2) is 0 Å². The maximum atomic E-state index is 5.50. The molecule has 3 rings (SSSR count). The van der Waals surface area contributed by atoms with Crippen LogP contribution in [0, 0.1) is 5.92 Å². The highest BCUT2D eigenvalue weighted by Crippen LogP contribution is 2.20. The van der Waals surface area contributed by atoms with Crippen LogP contribution >= 0.6 is 35.3 Å². The molecule has 0 spiro atoms. The predicted molar refractivity (Wildman–Crippen MR) is 138 cm³/mol. The van der Waals surface area contributed by atoms with Crippen molar-refractivity contribution < 1.29 is 4.74 Å². The molecule has 1 aromatic rings. The highest BCUT2D eigenvalue weighted by atomic mass is 127. The van der Waals surface area contributed by atoms with Gasteiger partial charge in [-0.15, -0.1) is 35.3 Å². The van der Waals surface area contributed by atoms with Gasteiger partial charge in [0, 0.05) is 49.7 Å². The van der Waals surface area contributed by atoms with Crippen LogP contribution < -0.4 is 10.6 Å². The van der Waals surface area contributed by atoms with Gasteiger partial charge >= 0.3 is 0 Å². The van der Waals surface area contributed by atoms with Crippen LogP contribution in [0.1, 0.15) is 38.5 Å². The first-order valence-electron chi connectivity index (χ1n) is 11.2. The van der Waals surface area contributed by atoms with Crippen LogP contribution in [0.5, 0.6) is 0 Å². The molecule has 6 nitrogen and oxygen atoms in total. The molecule has 2 aliphatic rings. The second-order valence-corrected chi connectivity index (χ2v) is 9.84. The van der Waals surface area contributed by atoms with Gasteiger partial charge in [0.15, 0.2) is 5.96 Å². The summed E-state index contributed by atoms with van der Waals surface area (Å²) in [6, 6.07) is 4.40. The lowest BCUT2D eigenvalue weighted by Gasteiger charge is -2.40. The molecule has 2 saturated heterocycles. The highest BCUT2D eigenvalue weighted by molar-refractivity contribution is 14.0. The van der Waals surface area contributed by atoms with E-state index in [-0.39, 0.29) is 29.5 Å². The number of ether oxygens (including phenoxy) is 1. The van der Waals surface area contributed by atoms with E-state index in [9.17, 15) is 0 Å². The van der Waals surface area contributed by atoms with Crippen LogP contribution in [0.3, 0.4) is 0 Å². The molecule has 0 aliphatic carbocycles. The molecule has 0 saturated carbocycles. The Morgan fingerprint density at radius 3 is 2.77 bits per heavy atom. The minimum absolute atomic E-state index is 0. The number of hydrogen-bond donors (Lipinski definition) is 2. The van der Waals surface area contributed by atoms with Crippen molar-refractivity contribution in [1.29, 1.82) is 0 Å². The lowest BCUT2D eigenvalue weighted by molar-refractivity contribution is -0.00684. The van der Waals surface area contributed by atoms with Gasteiger partial charge in [0.2, 0.25) is 0 Å². The summed E-state index contributed by atoms with van der Waals surface area (Å²) in [5.74, 6) is 1.63. The summed E-state index contributed by atoms with van der Waals surface area (Å²) in [6.07, 6.45) is 2.59. The molecule has 2 N–H and O–H groups in total. The summed E-state index contributed by atoms with van der Waals surface area (Å²) in [5.41, 5.74) is 0.0501. The molecule has 0 radical (unpaired) electrons. The SMILES string of the molecule is CCNC(=NCC(C)(C)N1CCOCC1)NCC1CCCN(Cc2cccs2)C1.I. The molecule has 0 aromatic carbocycles. The minimum atomic E-state index is 0. The van der Waals surface area contributed by atoms with Crippen molar-refractivity contribution in [2.75, 3.05) is 59.0 Å². The van der Waals surface area contributed by atoms with Crippen molar-refractivity contribution >= 4 is 41.3 Å². The van der Waals surface area contributed by atoms with E-state index < -0.39 is 0 Å². The minimum Gasteiger partial charge on any atom is -0.379 e. The molecule has 30 heavy (non-hydrogen) atoms. The van der Waals surface area contributed by atoms with Crippen molar-refractivity contribution in [3.8, 4) is 0 Å². The lowest BCUT2D eigenvalue weighted by Crippen LogP contribution is -2.52. The Kier molecular flexibility index (Phi) is 11.4. The van der Waals surface area contributed by atoms with Crippen molar-refractivity contribution in [1.82, 2.24) is 20.4 Å². The first-order valence-corrected chi connectivity index (χ1v) is 12.0. The van der Waals surface area contributed by atoms with Crippen molar-refractivity contribution in [2.45, 2.75) is 45.7 Å². The van der Waals surface area contributed by atoms with E-state index in [0.717, 1.165) is 58.4 Å². The summed E-state index contributed by atoms with van der Waals surface area (Å²) in [7, 11) is 0. The van der Waals surface area contributed by atoms with Gasteiger partial charge < -0.3 is 15.4 Å². The van der Waals surface area contributed by atoms with E-state index in [1.165, 1.54) is 30.8 Å². The Hall–Kier alpha value is -0.420. The Balaban J connectivity index is 0.00000320. The topological polar surface area (TPSA) is 52.1 Å². The van der Waals surface area contributed by atoms with E-state index in [1.807, 2.05) is 11.3 Å². The Bertz CT molecular complexity index is 619. The maximum Gasteiger partial charge on any atom is 0.191 e. The molecule has 2 aliphatic heterocycles. The fraction of sp³-hybridized carbons (Fsp3) is 0.773. The van der Waals surface area contributed by atoms with E-state index in [2.05, 4.69) is 58.7 Å².